The van der Waals surface area contributed by atoms with E-state index in [2.05, 4.69) is 10.3 Å². The molecule has 1 heterocycles. The molecule has 0 saturated carbocycles. The molecule has 0 radical (unpaired) electrons. The molecule has 0 spiro atoms. The van der Waals surface area contributed by atoms with Crippen molar-refractivity contribution in [2.45, 2.75) is 16.7 Å². The summed E-state index contributed by atoms with van der Waals surface area (Å²) >= 11 is 1.50. The average molecular weight is 273 g/mol. The Morgan fingerprint density at radius 1 is 1.32 bits per heavy atom. The Morgan fingerprint density at radius 3 is 2.74 bits per heavy atom. The van der Waals surface area contributed by atoms with Crippen LogP contribution in [0.3, 0.4) is 0 Å². The van der Waals surface area contributed by atoms with E-state index >= 15 is 0 Å². The molecule has 0 saturated heterocycles. The van der Waals surface area contributed by atoms with Gasteiger partial charge in [0.25, 0.3) is 5.91 Å². The van der Waals surface area contributed by atoms with E-state index in [1.54, 1.807) is 24.5 Å². The van der Waals surface area contributed by atoms with Crippen LogP contribution in [0.1, 0.15) is 17.3 Å². The number of benzene rings is 1. The van der Waals surface area contributed by atoms with Crippen LogP contribution in [0.15, 0.2) is 52.5 Å². The van der Waals surface area contributed by atoms with Gasteiger partial charge in [-0.05, 0) is 37.3 Å². The molecular weight excluding hydrogens is 258 g/mol. The summed E-state index contributed by atoms with van der Waals surface area (Å²) in [6.07, 6.45) is 3.45. The normalized spacial score (nSPS) is 10.2. The fourth-order valence-corrected chi connectivity index (χ4v) is 2.58. The predicted octanol–water partition coefficient (Wildman–Crippen LogP) is 2.56. The Hall–Kier alpha value is -2.01. The summed E-state index contributed by atoms with van der Waals surface area (Å²) in [5, 5.41) is 2.80. The largest absolute Gasteiger partial charge is 0.399 e. The number of nitrogens with one attached hydrogen (secondary N) is 1. The van der Waals surface area contributed by atoms with Crippen LogP contribution in [0.25, 0.3) is 0 Å². The van der Waals surface area contributed by atoms with Crippen molar-refractivity contribution in [1.29, 1.82) is 0 Å². The molecule has 2 aromatic rings. The lowest BCUT2D eigenvalue weighted by Gasteiger charge is -2.09. The quantitative estimate of drug-likeness (QED) is 0.840. The first-order chi connectivity index (χ1) is 9.20. The highest BCUT2D eigenvalue weighted by Crippen LogP contribution is 2.31. The van der Waals surface area contributed by atoms with E-state index in [4.69, 9.17) is 5.73 Å². The van der Waals surface area contributed by atoms with Crippen LogP contribution in [0.4, 0.5) is 5.69 Å². The van der Waals surface area contributed by atoms with E-state index in [1.165, 1.54) is 11.8 Å². The number of hydrogen-bond acceptors (Lipinski definition) is 4. The molecule has 1 aromatic heterocycles. The van der Waals surface area contributed by atoms with Crippen LogP contribution in [-0.2, 0) is 0 Å². The number of anilines is 1. The molecule has 3 N–H and O–H groups in total. The molecule has 2 rings (SSSR count). The molecule has 0 bridgehead atoms. The van der Waals surface area contributed by atoms with Crippen molar-refractivity contribution >= 4 is 23.4 Å². The summed E-state index contributed by atoms with van der Waals surface area (Å²) < 4.78 is 0. The maximum atomic E-state index is 12.0. The van der Waals surface area contributed by atoms with Gasteiger partial charge in [0.05, 0.1) is 5.56 Å². The molecule has 0 aliphatic carbocycles. The maximum absolute atomic E-state index is 12.0. The summed E-state index contributed by atoms with van der Waals surface area (Å²) in [6, 6.07) is 9.10. The van der Waals surface area contributed by atoms with Crippen molar-refractivity contribution in [1.82, 2.24) is 10.3 Å². The van der Waals surface area contributed by atoms with Gasteiger partial charge in [0, 0.05) is 34.4 Å². The van der Waals surface area contributed by atoms with Gasteiger partial charge in [-0.2, -0.15) is 0 Å². The van der Waals surface area contributed by atoms with E-state index in [0.29, 0.717) is 17.8 Å². The second kappa shape index (κ2) is 6.24. The number of hydrogen-bond donors (Lipinski definition) is 2. The Labute approximate surface area is 116 Å². The highest BCUT2D eigenvalue weighted by Gasteiger charge is 2.12. The zero-order valence-corrected chi connectivity index (χ0v) is 11.4. The molecule has 0 unspecified atom stereocenters. The first-order valence-corrected chi connectivity index (χ1v) is 6.78. The molecule has 0 aliphatic rings. The summed E-state index contributed by atoms with van der Waals surface area (Å²) in [5.41, 5.74) is 7.08. The van der Waals surface area contributed by atoms with Gasteiger partial charge >= 0.3 is 0 Å². The zero-order chi connectivity index (χ0) is 13.7. The Bertz CT molecular complexity index is 572. The van der Waals surface area contributed by atoms with Gasteiger partial charge in [0.15, 0.2) is 0 Å². The minimum absolute atomic E-state index is 0.0842. The lowest BCUT2D eigenvalue weighted by molar-refractivity contribution is 0.0953. The number of carbonyl (C=O) groups is 1. The SMILES string of the molecule is CCNC(=O)c1ccc(N)cc1Sc1ccncc1. The van der Waals surface area contributed by atoms with Crippen molar-refractivity contribution < 1.29 is 4.79 Å². The zero-order valence-electron chi connectivity index (χ0n) is 10.6. The second-order valence-electron chi connectivity index (χ2n) is 3.90. The summed E-state index contributed by atoms with van der Waals surface area (Å²) in [5.74, 6) is -0.0842. The Balaban J connectivity index is 2.32. The van der Waals surface area contributed by atoms with Crippen LogP contribution < -0.4 is 11.1 Å². The fourth-order valence-electron chi connectivity index (χ4n) is 1.60. The van der Waals surface area contributed by atoms with Crippen LogP contribution in [0.5, 0.6) is 0 Å². The standard InChI is InChI=1S/C14H15N3OS/c1-2-17-14(18)12-4-3-10(15)9-13(12)19-11-5-7-16-8-6-11/h3-9H,2,15H2,1H3,(H,17,18). The van der Waals surface area contributed by atoms with Crippen LogP contribution >= 0.6 is 11.8 Å². The van der Waals surface area contributed by atoms with E-state index in [0.717, 1.165) is 9.79 Å². The minimum atomic E-state index is -0.0842. The lowest BCUT2D eigenvalue weighted by Crippen LogP contribution is -2.23. The summed E-state index contributed by atoms with van der Waals surface area (Å²) in [7, 11) is 0. The maximum Gasteiger partial charge on any atom is 0.252 e. The average Bonchev–Trinajstić information content (AvgIpc) is 2.40. The summed E-state index contributed by atoms with van der Waals surface area (Å²) in [4.78, 5) is 17.8. The van der Waals surface area contributed by atoms with Crippen molar-refractivity contribution in [2.75, 3.05) is 12.3 Å². The Kier molecular flexibility index (Phi) is 4.41. The van der Waals surface area contributed by atoms with Crippen molar-refractivity contribution in [2.24, 2.45) is 0 Å². The molecule has 98 valence electrons. The topological polar surface area (TPSA) is 68.0 Å². The van der Waals surface area contributed by atoms with Crippen molar-refractivity contribution in [3.8, 4) is 0 Å². The number of nitrogens with zero attached hydrogens (tertiary/aromatic N) is 1. The number of nitrogen functional groups attached to an aromatic ring is 1. The minimum Gasteiger partial charge on any atom is -0.399 e. The lowest BCUT2D eigenvalue weighted by atomic mass is 10.2. The van der Waals surface area contributed by atoms with Gasteiger partial charge in [-0.1, -0.05) is 11.8 Å². The number of carbonyl (C=O) groups excluding carboxylic acids is 1. The highest BCUT2D eigenvalue weighted by atomic mass is 32.2. The molecule has 4 nitrogen and oxygen atoms in total. The third kappa shape index (κ3) is 3.48. The van der Waals surface area contributed by atoms with E-state index in [-0.39, 0.29) is 5.91 Å². The molecule has 1 aromatic carbocycles. The van der Waals surface area contributed by atoms with Crippen LogP contribution in [-0.4, -0.2) is 17.4 Å². The van der Waals surface area contributed by atoms with Gasteiger partial charge < -0.3 is 11.1 Å². The van der Waals surface area contributed by atoms with E-state index < -0.39 is 0 Å². The van der Waals surface area contributed by atoms with Crippen LogP contribution in [0.2, 0.25) is 0 Å². The van der Waals surface area contributed by atoms with E-state index in [1.807, 2.05) is 25.1 Å². The van der Waals surface area contributed by atoms with Crippen molar-refractivity contribution in [3.05, 3.63) is 48.3 Å². The molecule has 0 atom stereocenters. The highest BCUT2D eigenvalue weighted by molar-refractivity contribution is 7.99. The monoisotopic (exact) mass is 273 g/mol. The van der Waals surface area contributed by atoms with Crippen molar-refractivity contribution in [3.63, 3.8) is 0 Å². The number of pyridine rings is 1. The first-order valence-electron chi connectivity index (χ1n) is 5.96. The molecule has 0 fully saturated rings. The van der Waals surface area contributed by atoms with E-state index in [9.17, 15) is 4.79 Å². The van der Waals surface area contributed by atoms with Gasteiger partial charge in [-0.25, -0.2) is 0 Å². The molecular formula is C14H15N3OS. The van der Waals surface area contributed by atoms with Gasteiger partial charge in [-0.3, -0.25) is 9.78 Å². The third-order valence-corrected chi connectivity index (χ3v) is 3.53. The second-order valence-corrected chi connectivity index (χ2v) is 5.02. The number of nitrogens with two attached hydrogens (primary N) is 1. The molecule has 19 heavy (non-hydrogen) atoms. The molecule has 5 heteroatoms. The fraction of sp³-hybridized carbons (Fsp3) is 0.143. The summed E-state index contributed by atoms with van der Waals surface area (Å²) in [6.45, 7) is 2.49. The van der Waals surface area contributed by atoms with Gasteiger partial charge in [-0.15, -0.1) is 0 Å². The van der Waals surface area contributed by atoms with Gasteiger partial charge in [0.1, 0.15) is 0 Å². The van der Waals surface area contributed by atoms with Crippen LogP contribution in [0, 0.1) is 0 Å². The Morgan fingerprint density at radius 2 is 2.05 bits per heavy atom. The molecule has 0 aliphatic heterocycles. The van der Waals surface area contributed by atoms with Gasteiger partial charge in [0.2, 0.25) is 0 Å². The number of amides is 1. The third-order valence-electron chi connectivity index (χ3n) is 2.47. The smallest absolute Gasteiger partial charge is 0.252 e. The molecule has 1 amide bonds. The number of aromatic nitrogens is 1. The first kappa shape index (κ1) is 13.4. The predicted molar refractivity (Wildman–Crippen MR) is 77.2 cm³/mol. The number of rotatable bonds is 4.